The molecule has 0 radical (unpaired) electrons. The number of nitrogens with zero attached hydrogens (tertiary/aromatic N) is 1. The SMILES string of the molecule is O=c1[nH]c2cc(CO)cnc2cc1Cl. The molecule has 2 heterocycles. The van der Waals surface area contributed by atoms with Crippen LogP contribution in [0.25, 0.3) is 11.0 Å². The highest BCUT2D eigenvalue weighted by Gasteiger charge is 2.01. The summed E-state index contributed by atoms with van der Waals surface area (Å²) >= 11 is 5.63. The van der Waals surface area contributed by atoms with Crippen molar-refractivity contribution in [3.05, 3.63) is 39.3 Å². The van der Waals surface area contributed by atoms with Gasteiger partial charge in [-0.3, -0.25) is 9.78 Å². The van der Waals surface area contributed by atoms with E-state index in [1.807, 2.05) is 0 Å². The Kier molecular flexibility index (Phi) is 2.23. The Labute approximate surface area is 84.2 Å². The van der Waals surface area contributed by atoms with Crippen LogP contribution in [0.5, 0.6) is 0 Å². The molecule has 0 aliphatic heterocycles. The lowest BCUT2D eigenvalue weighted by Gasteiger charge is -1.99. The van der Waals surface area contributed by atoms with Crippen LogP contribution in [0.2, 0.25) is 5.02 Å². The third-order valence-electron chi connectivity index (χ3n) is 1.89. The first-order valence-electron chi connectivity index (χ1n) is 3.99. The van der Waals surface area contributed by atoms with Crippen molar-refractivity contribution in [3.63, 3.8) is 0 Å². The number of rotatable bonds is 1. The van der Waals surface area contributed by atoms with Crippen LogP contribution >= 0.6 is 11.6 Å². The molecule has 0 bridgehead atoms. The lowest BCUT2D eigenvalue weighted by Crippen LogP contribution is -2.06. The number of halogens is 1. The molecule has 2 aromatic heterocycles. The normalized spacial score (nSPS) is 10.7. The maximum Gasteiger partial charge on any atom is 0.267 e. The fourth-order valence-electron chi connectivity index (χ4n) is 1.19. The summed E-state index contributed by atoms with van der Waals surface area (Å²) in [5.41, 5.74) is 1.48. The van der Waals surface area contributed by atoms with Gasteiger partial charge in [-0.1, -0.05) is 11.6 Å². The molecule has 0 saturated heterocycles. The molecular formula is C9H7ClN2O2. The molecule has 2 rings (SSSR count). The second-order valence-electron chi connectivity index (χ2n) is 2.88. The standard InChI is InChI=1S/C9H7ClN2O2/c10-6-2-7-8(12-9(6)14)1-5(4-13)3-11-7/h1-3,13H,4H2,(H,12,14). The maximum atomic E-state index is 11.2. The van der Waals surface area contributed by atoms with Gasteiger partial charge in [-0.25, -0.2) is 0 Å². The number of aromatic amines is 1. The zero-order valence-corrected chi connectivity index (χ0v) is 7.88. The molecule has 0 atom stereocenters. The number of hydrogen-bond acceptors (Lipinski definition) is 3. The smallest absolute Gasteiger partial charge is 0.267 e. The van der Waals surface area contributed by atoms with Gasteiger partial charge in [0.05, 0.1) is 17.6 Å². The molecule has 0 aromatic carbocycles. The molecule has 0 amide bonds. The van der Waals surface area contributed by atoms with Crippen LogP contribution in [0, 0.1) is 0 Å². The van der Waals surface area contributed by atoms with Gasteiger partial charge in [-0.15, -0.1) is 0 Å². The van der Waals surface area contributed by atoms with E-state index >= 15 is 0 Å². The van der Waals surface area contributed by atoms with Crippen molar-refractivity contribution in [3.8, 4) is 0 Å². The minimum absolute atomic E-state index is 0.104. The average Bonchev–Trinajstić information content (AvgIpc) is 2.19. The Hall–Kier alpha value is -1.39. The third-order valence-corrected chi connectivity index (χ3v) is 2.17. The van der Waals surface area contributed by atoms with E-state index in [-0.39, 0.29) is 17.2 Å². The molecule has 0 aliphatic rings. The van der Waals surface area contributed by atoms with Gasteiger partial charge in [-0.2, -0.15) is 0 Å². The molecule has 0 saturated carbocycles. The van der Waals surface area contributed by atoms with E-state index in [1.54, 1.807) is 6.07 Å². The number of aliphatic hydroxyl groups excluding tert-OH is 1. The summed E-state index contributed by atoms with van der Waals surface area (Å²) in [6.45, 7) is -0.104. The average molecular weight is 211 g/mol. The fraction of sp³-hybridized carbons (Fsp3) is 0.111. The van der Waals surface area contributed by atoms with Crippen LogP contribution in [-0.4, -0.2) is 15.1 Å². The highest BCUT2D eigenvalue weighted by molar-refractivity contribution is 6.30. The third kappa shape index (κ3) is 1.49. The predicted octanol–water partition coefficient (Wildman–Crippen LogP) is 1.07. The lowest BCUT2D eigenvalue weighted by atomic mass is 10.2. The Morgan fingerprint density at radius 3 is 3.00 bits per heavy atom. The molecule has 0 spiro atoms. The van der Waals surface area contributed by atoms with Crippen molar-refractivity contribution in [2.75, 3.05) is 0 Å². The van der Waals surface area contributed by atoms with Crippen LogP contribution in [0.1, 0.15) is 5.56 Å². The number of fused-ring (bicyclic) bond motifs is 1. The highest BCUT2D eigenvalue weighted by atomic mass is 35.5. The van der Waals surface area contributed by atoms with Gasteiger partial charge >= 0.3 is 0 Å². The summed E-state index contributed by atoms with van der Waals surface area (Å²) < 4.78 is 0. The number of pyridine rings is 2. The highest BCUT2D eigenvalue weighted by Crippen LogP contribution is 2.12. The van der Waals surface area contributed by atoms with Crippen molar-refractivity contribution in [2.45, 2.75) is 6.61 Å². The monoisotopic (exact) mass is 210 g/mol. The molecule has 0 aliphatic carbocycles. The first-order chi connectivity index (χ1) is 6.70. The van der Waals surface area contributed by atoms with Crippen LogP contribution in [-0.2, 0) is 6.61 Å². The van der Waals surface area contributed by atoms with E-state index in [0.717, 1.165) is 0 Å². The van der Waals surface area contributed by atoms with Gasteiger partial charge in [-0.05, 0) is 17.7 Å². The van der Waals surface area contributed by atoms with Crippen LogP contribution < -0.4 is 5.56 Å². The first kappa shape index (κ1) is 9.18. The lowest BCUT2D eigenvalue weighted by molar-refractivity contribution is 0.281. The predicted molar refractivity (Wildman–Crippen MR) is 53.3 cm³/mol. The summed E-state index contributed by atoms with van der Waals surface area (Å²) in [7, 11) is 0. The summed E-state index contributed by atoms with van der Waals surface area (Å²) in [4.78, 5) is 17.8. The van der Waals surface area contributed by atoms with E-state index in [1.165, 1.54) is 12.3 Å². The Morgan fingerprint density at radius 1 is 1.50 bits per heavy atom. The molecule has 5 heteroatoms. The summed E-state index contributed by atoms with van der Waals surface area (Å²) in [5, 5.41) is 8.98. The maximum absolute atomic E-state index is 11.2. The van der Waals surface area contributed by atoms with E-state index in [0.29, 0.717) is 16.6 Å². The summed E-state index contributed by atoms with van der Waals surface area (Å²) in [5.74, 6) is 0. The molecular weight excluding hydrogens is 204 g/mol. The number of H-pyrrole nitrogens is 1. The van der Waals surface area contributed by atoms with E-state index in [4.69, 9.17) is 16.7 Å². The van der Waals surface area contributed by atoms with Gasteiger partial charge in [0.2, 0.25) is 0 Å². The van der Waals surface area contributed by atoms with Gasteiger partial charge in [0.1, 0.15) is 5.02 Å². The molecule has 0 fully saturated rings. The zero-order chi connectivity index (χ0) is 10.1. The van der Waals surface area contributed by atoms with Crippen molar-refractivity contribution in [1.29, 1.82) is 0 Å². The van der Waals surface area contributed by atoms with E-state index in [9.17, 15) is 4.79 Å². The largest absolute Gasteiger partial charge is 0.392 e. The van der Waals surface area contributed by atoms with Crippen LogP contribution in [0.3, 0.4) is 0 Å². The molecule has 72 valence electrons. The molecule has 14 heavy (non-hydrogen) atoms. The van der Waals surface area contributed by atoms with Crippen molar-refractivity contribution < 1.29 is 5.11 Å². The fourth-order valence-corrected chi connectivity index (χ4v) is 1.34. The Morgan fingerprint density at radius 2 is 2.29 bits per heavy atom. The van der Waals surface area contributed by atoms with Crippen LogP contribution in [0.15, 0.2) is 23.1 Å². The number of hydrogen-bond donors (Lipinski definition) is 2. The first-order valence-corrected chi connectivity index (χ1v) is 4.37. The number of nitrogens with one attached hydrogen (secondary N) is 1. The Balaban J connectivity index is 2.77. The van der Waals surface area contributed by atoms with Crippen molar-refractivity contribution in [2.24, 2.45) is 0 Å². The number of aromatic nitrogens is 2. The second-order valence-corrected chi connectivity index (χ2v) is 3.29. The summed E-state index contributed by atoms with van der Waals surface area (Å²) in [6.07, 6.45) is 1.54. The zero-order valence-electron chi connectivity index (χ0n) is 7.12. The Bertz CT molecular complexity index is 536. The molecule has 2 N–H and O–H groups in total. The minimum Gasteiger partial charge on any atom is -0.392 e. The molecule has 2 aromatic rings. The van der Waals surface area contributed by atoms with Gasteiger partial charge in [0, 0.05) is 6.20 Å². The van der Waals surface area contributed by atoms with E-state index in [2.05, 4.69) is 9.97 Å². The van der Waals surface area contributed by atoms with Gasteiger partial charge < -0.3 is 10.1 Å². The van der Waals surface area contributed by atoms with Gasteiger partial charge in [0.25, 0.3) is 5.56 Å². The van der Waals surface area contributed by atoms with E-state index < -0.39 is 0 Å². The minimum atomic E-state index is -0.351. The quantitative estimate of drug-likeness (QED) is 0.740. The van der Waals surface area contributed by atoms with Crippen LogP contribution in [0.4, 0.5) is 0 Å². The second kappa shape index (κ2) is 3.40. The summed E-state index contributed by atoms with van der Waals surface area (Å²) in [6, 6.07) is 3.16. The van der Waals surface area contributed by atoms with Gasteiger partial charge in [0.15, 0.2) is 0 Å². The molecule has 4 nitrogen and oxygen atoms in total. The molecule has 0 unspecified atom stereocenters. The van der Waals surface area contributed by atoms with Crippen molar-refractivity contribution in [1.82, 2.24) is 9.97 Å². The number of aliphatic hydroxyl groups is 1. The topological polar surface area (TPSA) is 66.0 Å². The van der Waals surface area contributed by atoms with Crippen molar-refractivity contribution >= 4 is 22.6 Å².